The minimum Gasteiger partial charge on any atom is -0.497 e. The lowest BCUT2D eigenvalue weighted by Crippen LogP contribution is -2.53. The van der Waals surface area contributed by atoms with E-state index in [2.05, 4.69) is 21.2 Å². The van der Waals surface area contributed by atoms with Crippen LogP contribution in [0.25, 0.3) is 0 Å². The number of carbonyl (C=O) groups excluding carboxylic acids is 2. The molecule has 0 aliphatic carbocycles. The standard InChI is InChI=1S/C30H36BrN3O6S/c1-5-17-32-30(36)27(18-22-9-7-6-8-10-22)33(20-23-11-13-24(31)14-12-23)29(35)21-34(41(4,37)38)26-16-15-25(39-2)19-28(26)40-3/h6-16,19,27H,5,17-18,20-21H2,1-4H3,(H,32,36)/t27-/m0/s1. The Balaban J connectivity index is 2.07. The molecule has 1 atom stereocenters. The average Bonchev–Trinajstić information content (AvgIpc) is 2.96. The zero-order valence-electron chi connectivity index (χ0n) is 23.7. The summed E-state index contributed by atoms with van der Waals surface area (Å²) < 4.78 is 38.6. The van der Waals surface area contributed by atoms with E-state index in [-0.39, 0.29) is 30.3 Å². The van der Waals surface area contributed by atoms with Crippen molar-refractivity contribution in [3.63, 3.8) is 0 Å². The minimum atomic E-state index is -3.94. The van der Waals surface area contributed by atoms with Gasteiger partial charge >= 0.3 is 0 Å². The fraction of sp³-hybridized carbons (Fsp3) is 0.333. The topological polar surface area (TPSA) is 105 Å². The van der Waals surface area contributed by atoms with Gasteiger partial charge in [-0.1, -0.05) is 65.3 Å². The highest BCUT2D eigenvalue weighted by Gasteiger charge is 2.33. The van der Waals surface area contributed by atoms with Crippen LogP contribution in [-0.2, 0) is 32.6 Å². The molecule has 3 aromatic rings. The Morgan fingerprint density at radius 2 is 1.63 bits per heavy atom. The van der Waals surface area contributed by atoms with Crippen molar-refractivity contribution in [3.8, 4) is 11.5 Å². The van der Waals surface area contributed by atoms with Crippen molar-refractivity contribution < 1.29 is 27.5 Å². The number of halogens is 1. The molecule has 0 saturated heterocycles. The van der Waals surface area contributed by atoms with Gasteiger partial charge in [0.25, 0.3) is 0 Å². The molecule has 0 saturated carbocycles. The van der Waals surface area contributed by atoms with E-state index >= 15 is 0 Å². The second kappa shape index (κ2) is 14.9. The smallest absolute Gasteiger partial charge is 0.244 e. The number of hydrogen-bond acceptors (Lipinski definition) is 6. The van der Waals surface area contributed by atoms with Gasteiger partial charge in [-0.3, -0.25) is 13.9 Å². The lowest BCUT2D eigenvalue weighted by molar-refractivity contribution is -0.140. The monoisotopic (exact) mass is 645 g/mol. The molecule has 220 valence electrons. The molecule has 0 fully saturated rings. The summed E-state index contributed by atoms with van der Waals surface area (Å²) in [5.41, 5.74) is 1.84. The van der Waals surface area contributed by atoms with Crippen molar-refractivity contribution in [1.82, 2.24) is 10.2 Å². The Hall–Kier alpha value is -3.57. The number of rotatable bonds is 14. The van der Waals surface area contributed by atoms with E-state index in [4.69, 9.17) is 9.47 Å². The van der Waals surface area contributed by atoms with Crippen molar-refractivity contribution in [1.29, 1.82) is 0 Å². The van der Waals surface area contributed by atoms with Gasteiger partial charge in [-0.05, 0) is 41.8 Å². The molecule has 0 bridgehead atoms. The molecule has 2 amide bonds. The van der Waals surface area contributed by atoms with Crippen LogP contribution in [0.5, 0.6) is 11.5 Å². The van der Waals surface area contributed by atoms with Gasteiger partial charge in [-0.2, -0.15) is 0 Å². The van der Waals surface area contributed by atoms with Gasteiger partial charge in [0.2, 0.25) is 21.8 Å². The third-order valence-electron chi connectivity index (χ3n) is 6.42. The van der Waals surface area contributed by atoms with Crippen LogP contribution < -0.4 is 19.1 Å². The zero-order chi connectivity index (χ0) is 30.0. The molecular formula is C30H36BrN3O6S. The molecule has 0 aliphatic heterocycles. The van der Waals surface area contributed by atoms with E-state index in [0.717, 1.165) is 32.6 Å². The van der Waals surface area contributed by atoms with E-state index in [0.29, 0.717) is 12.3 Å². The van der Waals surface area contributed by atoms with Crippen molar-refractivity contribution in [3.05, 3.63) is 88.4 Å². The fourth-order valence-corrected chi connectivity index (χ4v) is 5.41. The normalized spacial score (nSPS) is 11.8. The van der Waals surface area contributed by atoms with Gasteiger partial charge in [0.05, 0.1) is 26.2 Å². The van der Waals surface area contributed by atoms with Crippen LogP contribution in [0.1, 0.15) is 24.5 Å². The first-order valence-corrected chi connectivity index (χ1v) is 15.8. The maximum atomic E-state index is 14.1. The zero-order valence-corrected chi connectivity index (χ0v) is 26.1. The van der Waals surface area contributed by atoms with E-state index in [9.17, 15) is 18.0 Å². The van der Waals surface area contributed by atoms with Gasteiger partial charge in [0, 0.05) is 30.0 Å². The third-order valence-corrected chi connectivity index (χ3v) is 8.08. The van der Waals surface area contributed by atoms with Crippen molar-refractivity contribution in [2.75, 3.05) is 37.9 Å². The summed E-state index contributed by atoms with van der Waals surface area (Å²) in [5, 5.41) is 2.92. The van der Waals surface area contributed by atoms with Crippen LogP contribution in [0.2, 0.25) is 0 Å². The fourth-order valence-electron chi connectivity index (χ4n) is 4.29. The Morgan fingerprint density at radius 1 is 0.951 bits per heavy atom. The van der Waals surface area contributed by atoms with Crippen LogP contribution in [0.15, 0.2) is 77.3 Å². The number of anilines is 1. The summed E-state index contributed by atoms with van der Waals surface area (Å²) in [6.07, 6.45) is 2.01. The number of amides is 2. The van der Waals surface area contributed by atoms with Gasteiger partial charge < -0.3 is 19.7 Å². The molecule has 9 nitrogen and oxygen atoms in total. The quantitative estimate of drug-likeness (QED) is 0.279. The number of hydrogen-bond donors (Lipinski definition) is 1. The van der Waals surface area contributed by atoms with E-state index < -0.39 is 28.5 Å². The molecule has 0 aromatic heterocycles. The van der Waals surface area contributed by atoms with Crippen LogP contribution in [0.4, 0.5) is 5.69 Å². The summed E-state index contributed by atoms with van der Waals surface area (Å²) in [6.45, 7) is 1.96. The Morgan fingerprint density at radius 3 is 2.22 bits per heavy atom. The van der Waals surface area contributed by atoms with Crippen molar-refractivity contribution in [2.45, 2.75) is 32.4 Å². The number of nitrogens with zero attached hydrogens (tertiary/aromatic N) is 2. The summed E-state index contributed by atoms with van der Waals surface area (Å²) in [4.78, 5) is 29.1. The molecule has 0 aliphatic rings. The number of sulfonamides is 1. The average molecular weight is 647 g/mol. The molecule has 41 heavy (non-hydrogen) atoms. The predicted molar refractivity (Wildman–Crippen MR) is 164 cm³/mol. The number of benzene rings is 3. The highest BCUT2D eigenvalue weighted by Crippen LogP contribution is 2.34. The first-order chi connectivity index (χ1) is 19.6. The largest absolute Gasteiger partial charge is 0.497 e. The van der Waals surface area contributed by atoms with Crippen LogP contribution in [-0.4, -0.2) is 64.7 Å². The first kappa shape index (κ1) is 32.0. The van der Waals surface area contributed by atoms with Gasteiger partial charge in [0.1, 0.15) is 24.1 Å². The minimum absolute atomic E-state index is 0.0977. The van der Waals surface area contributed by atoms with Crippen molar-refractivity contribution in [2.24, 2.45) is 0 Å². The SMILES string of the molecule is CCCNC(=O)[C@H](Cc1ccccc1)N(Cc1ccc(Br)cc1)C(=O)CN(c1ccc(OC)cc1OC)S(C)(=O)=O. The maximum absolute atomic E-state index is 14.1. The molecule has 0 radical (unpaired) electrons. The molecule has 0 heterocycles. The highest BCUT2D eigenvalue weighted by atomic mass is 79.9. The summed E-state index contributed by atoms with van der Waals surface area (Å²) >= 11 is 3.43. The highest BCUT2D eigenvalue weighted by molar-refractivity contribution is 9.10. The molecule has 11 heteroatoms. The molecule has 1 N–H and O–H groups in total. The van der Waals surface area contributed by atoms with Crippen LogP contribution in [0.3, 0.4) is 0 Å². The molecular weight excluding hydrogens is 610 g/mol. The molecule has 3 aromatic carbocycles. The van der Waals surface area contributed by atoms with Gasteiger partial charge in [-0.15, -0.1) is 0 Å². The van der Waals surface area contributed by atoms with Crippen LogP contribution >= 0.6 is 15.9 Å². The Labute approximate surface area is 250 Å². The molecule has 0 spiro atoms. The van der Waals surface area contributed by atoms with E-state index in [1.54, 1.807) is 12.1 Å². The second-order valence-electron chi connectivity index (χ2n) is 9.45. The summed E-state index contributed by atoms with van der Waals surface area (Å²) in [5.74, 6) is -0.154. The lowest BCUT2D eigenvalue weighted by Gasteiger charge is -2.33. The number of nitrogens with one attached hydrogen (secondary N) is 1. The summed E-state index contributed by atoms with van der Waals surface area (Å²) in [7, 11) is -1.04. The van der Waals surface area contributed by atoms with E-state index in [1.807, 2.05) is 61.5 Å². The molecule has 0 unspecified atom stereocenters. The second-order valence-corrected chi connectivity index (χ2v) is 12.3. The Bertz CT molecular complexity index is 1420. The van der Waals surface area contributed by atoms with Crippen LogP contribution in [0, 0.1) is 0 Å². The number of carbonyl (C=O) groups is 2. The number of methoxy groups -OCH3 is 2. The predicted octanol–water partition coefficient (Wildman–Crippen LogP) is 4.40. The lowest BCUT2D eigenvalue weighted by atomic mass is 10.0. The molecule has 3 rings (SSSR count). The van der Waals surface area contributed by atoms with Crippen molar-refractivity contribution >= 4 is 43.5 Å². The van der Waals surface area contributed by atoms with Gasteiger partial charge in [-0.25, -0.2) is 8.42 Å². The maximum Gasteiger partial charge on any atom is 0.244 e. The summed E-state index contributed by atoms with van der Waals surface area (Å²) in [6, 6.07) is 20.6. The van der Waals surface area contributed by atoms with Gasteiger partial charge in [0.15, 0.2) is 0 Å². The first-order valence-electron chi connectivity index (χ1n) is 13.1. The number of ether oxygens (including phenoxy) is 2. The third kappa shape index (κ3) is 8.96. The van der Waals surface area contributed by atoms with E-state index in [1.165, 1.54) is 25.2 Å². The Kier molecular flexibility index (Phi) is 11.6.